The molecule has 0 radical (unpaired) electrons. The zero-order valence-corrected chi connectivity index (χ0v) is 15.3. The highest BCUT2D eigenvalue weighted by molar-refractivity contribution is 7.15. The van der Waals surface area contributed by atoms with Gasteiger partial charge in [0.25, 0.3) is 0 Å². The molecule has 1 heterocycles. The Kier molecular flexibility index (Phi) is 5.68. The average molecular weight is 379 g/mol. The second-order valence-electron chi connectivity index (χ2n) is 5.62. The van der Waals surface area contributed by atoms with Crippen molar-refractivity contribution in [3.63, 3.8) is 0 Å². The number of hydrogen-bond donors (Lipinski definition) is 2. The summed E-state index contributed by atoms with van der Waals surface area (Å²) < 4.78 is 5.15. The average Bonchev–Trinajstić information content (AvgIpc) is 3.11. The number of rotatable bonds is 6. The zero-order chi connectivity index (χ0) is 19.2. The van der Waals surface area contributed by atoms with Crippen molar-refractivity contribution in [2.24, 2.45) is 0 Å². The van der Waals surface area contributed by atoms with Gasteiger partial charge in [-0.15, -0.1) is 11.3 Å². The number of amides is 1. The lowest BCUT2D eigenvalue weighted by atomic mass is 10.0. The van der Waals surface area contributed by atoms with Crippen molar-refractivity contribution >= 4 is 34.3 Å². The van der Waals surface area contributed by atoms with E-state index in [2.05, 4.69) is 5.32 Å². The Hall–Kier alpha value is -3.38. The summed E-state index contributed by atoms with van der Waals surface area (Å²) in [7, 11) is 1.57. The second kappa shape index (κ2) is 8.33. The summed E-state index contributed by atoms with van der Waals surface area (Å²) in [6.07, 6.45) is 3.01. The van der Waals surface area contributed by atoms with Crippen molar-refractivity contribution in [3.8, 4) is 16.9 Å². The number of hydrogen-bond acceptors (Lipinski definition) is 4. The van der Waals surface area contributed by atoms with E-state index in [1.54, 1.807) is 24.6 Å². The third kappa shape index (κ3) is 4.43. The quantitative estimate of drug-likeness (QED) is 0.605. The summed E-state index contributed by atoms with van der Waals surface area (Å²) in [6.45, 7) is 0. The van der Waals surface area contributed by atoms with Crippen LogP contribution in [-0.2, 0) is 4.79 Å². The fraction of sp³-hybridized carbons (Fsp3) is 0.0476. The van der Waals surface area contributed by atoms with Crippen LogP contribution in [0, 0.1) is 0 Å². The Balaban J connectivity index is 1.81. The first-order valence-electron chi connectivity index (χ1n) is 8.12. The van der Waals surface area contributed by atoms with Crippen LogP contribution in [0.15, 0.2) is 66.1 Å². The molecule has 2 N–H and O–H groups in total. The third-order valence-electron chi connectivity index (χ3n) is 3.85. The number of methoxy groups -OCH3 is 1. The number of benzene rings is 2. The van der Waals surface area contributed by atoms with Crippen LogP contribution in [0.25, 0.3) is 17.2 Å². The van der Waals surface area contributed by atoms with E-state index in [9.17, 15) is 14.7 Å². The highest BCUT2D eigenvalue weighted by atomic mass is 32.1. The molecule has 0 saturated carbocycles. The normalized spacial score (nSPS) is 10.7. The molecule has 27 heavy (non-hydrogen) atoms. The van der Waals surface area contributed by atoms with Crippen molar-refractivity contribution in [2.75, 3.05) is 12.4 Å². The molecule has 0 bridgehead atoms. The van der Waals surface area contributed by atoms with E-state index in [1.165, 1.54) is 17.4 Å². The number of carbonyl (C=O) groups is 2. The first-order chi connectivity index (χ1) is 13.1. The zero-order valence-electron chi connectivity index (χ0n) is 14.5. The smallest absolute Gasteiger partial charge is 0.339 e. The van der Waals surface area contributed by atoms with Crippen LogP contribution in [0.3, 0.4) is 0 Å². The molecular formula is C21H17NO4S. The Bertz CT molecular complexity index is 992. The van der Waals surface area contributed by atoms with Crippen LogP contribution in [0.1, 0.15) is 15.9 Å². The van der Waals surface area contributed by atoms with Crippen molar-refractivity contribution < 1.29 is 19.4 Å². The molecule has 0 aliphatic heterocycles. The van der Waals surface area contributed by atoms with Crippen LogP contribution in [-0.4, -0.2) is 24.1 Å². The second-order valence-corrected chi connectivity index (χ2v) is 6.50. The van der Waals surface area contributed by atoms with Gasteiger partial charge in [-0.05, 0) is 29.3 Å². The van der Waals surface area contributed by atoms with Crippen LogP contribution < -0.4 is 10.1 Å². The molecule has 3 rings (SSSR count). The summed E-state index contributed by atoms with van der Waals surface area (Å²) in [6, 6.07) is 16.5. The predicted molar refractivity (Wildman–Crippen MR) is 107 cm³/mol. The molecule has 6 heteroatoms. The number of anilines is 1. The lowest BCUT2D eigenvalue weighted by Gasteiger charge is -2.04. The highest BCUT2D eigenvalue weighted by Gasteiger charge is 2.20. The van der Waals surface area contributed by atoms with Gasteiger partial charge in [-0.25, -0.2) is 4.79 Å². The van der Waals surface area contributed by atoms with Crippen LogP contribution in [0.2, 0.25) is 0 Å². The molecule has 0 saturated heterocycles. The monoisotopic (exact) mass is 379 g/mol. The summed E-state index contributed by atoms with van der Waals surface area (Å²) >= 11 is 1.19. The van der Waals surface area contributed by atoms with E-state index >= 15 is 0 Å². The van der Waals surface area contributed by atoms with Crippen molar-refractivity contribution in [3.05, 3.63) is 77.2 Å². The fourth-order valence-electron chi connectivity index (χ4n) is 2.56. The molecule has 1 aromatic heterocycles. The molecule has 0 fully saturated rings. The minimum absolute atomic E-state index is 0.0920. The standard InChI is InChI=1S/C21H17NO4S/c1-26-16-9-5-6-14(12-16)10-11-18(23)22-20-19(21(24)25)17(13-27-20)15-7-3-2-4-8-15/h2-13H,1H3,(H,22,23)(H,24,25)/b11-10+. The van der Waals surface area contributed by atoms with E-state index in [-0.39, 0.29) is 5.56 Å². The van der Waals surface area contributed by atoms with Gasteiger partial charge >= 0.3 is 5.97 Å². The van der Waals surface area contributed by atoms with Gasteiger partial charge in [0.2, 0.25) is 5.91 Å². The van der Waals surface area contributed by atoms with E-state index in [1.807, 2.05) is 48.5 Å². The molecule has 2 aromatic carbocycles. The minimum Gasteiger partial charge on any atom is -0.497 e. The number of carbonyl (C=O) groups excluding carboxylic acids is 1. The van der Waals surface area contributed by atoms with Gasteiger partial charge in [0, 0.05) is 17.0 Å². The summed E-state index contributed by atoms with van der Waals surface area (Å²) in [5.74, 6) is -0.791. The molecular weight excluding hydrogens is 362 g/mol. The van der Waals surface area contributed by atoms with E-state index < -0.39 is 11.9 Å². The predicted octanol–water partition coefficient (Wildman–Crippen LogP) is 4.77. The molecule has 0 aliphatic rings. The number of aromatic carboxylic acids is 1. The first-order valence-corrected chi connectivity index (χ1v) is 9.00. The minimum atomic E-state index is -1.08. The van der Waals surface area contributed by atoms with Gasteiger partial charge in [-0.2, -0.15) is 0 Å². The van der Waals surface area contributed by atoms with Gasteiger partial charge in [-0.3, -0.25) is 4.79 Å². The maximum atomic E-state index is 12.2. The number of thiophene rings is 1. The van der Waals surface area contributed by atoms with E-state index in [0.29, 0.717) is 16.3 Å². The van der Waals surface area contributed by atoms with Gasteiger partial charge in [0.15, 0.2) is 0 Å². The molecule has 3 aromatic rings. The van der Waals surface area contributed by atoms with Crippen molar-refractivity contribution in [1.29, 1.82) is 0 Å². The van der Waals surface area contributed by atoms with Gasteiger partial charge in [0.1, 0.15) is 16.3 Å². The van der Waals surface area contributed by atoms with Crippen LogP contribution in [0.4, 0.5) is 5.00 Å². The van der Waals surface area contributed by atoms with Gasteiger partial charge in [0.05, 0.1) is 7.11 Å². The summed E-state index contributed by atoms with van der Waals surface area (Å²) in [5.41, 5.74) is 2.27. The molecule has 5 nitrogen and oxygen atoms in total. The largest absolute Gasteiger partial charge is 0.497 e. The maximum Gasteiger partial charge on any atom is 0.339 e. The number of carboxylic acids is 1. The first kappa shape index (κ1) is 18.4. The Morgan fingerprint density at radius 3 is 2.59 bits per heavy atom. The van der Waals surface area contributed by atoms with Crippen molar-refractivity contribution in [2.45, 2.75) is 0 Å². The lowest BCUT2D eigenvalue weighted by Crippen LogP contribution is -2.10. The SMILES string of the molecule is COc1cccc(/C=C/C(=O)Nc2scc(-c3ccccc3)c2C(=O)O)c1. The summed E-state index contributed by atoms with van der Waals surface area (Å²) in [4.78, 5) is 24.0. The van der Waals surface area contributed by atoms with E-state index in [0.717, 1.165) is 11.1 Å². The number of carboxylic acid groups (broad SMARTS) is 1. The van der Waals surface area contributed by atoms with Gasteiger partial charge in [-0.1, -0.05) is 42.5 Å². The van der Waals surface area contributed by atoms with Crippen molar-refractivity contribution in [1.82, 2.24) is 0 Å². The molecule has 0 spiro atoms. The fourth-order valence-corrected chi connectivity index (χ4v) is 3.53. The molecule has 0 unspecified atom stereocenters. The molecule has 1 amide bonds. The Labute approximate surface area is 160 Å². The summed E-state index contributed by atoms with van der Waals surface area (Å²) in [5, 5.41) is 14.3. The van der Waals surface area contributed by atoms with Gasteiger partial charge < -0.3 is 15.2 Å². The number of nitrogens with one attached hydrogen (secondary N) is 1. The third-order valence-corrected chi connectivity index (χ3v) is 4.74. The topological polar surface area (TPSA) is 75.6 Å². The molecule has 0 atom stereocenters. The lowest BCUT2D eigenvalue weighted by molar-refractivity contribution is -0.111. The van der Waals surface area contributed by atoms with Crippen LogP contribution >= 0.6 is 11.3 Å². The number of ether oxygens (including phenoxy) is 1. The Morgan fingerprint density at radius 2 is 1.89 bits per heavy atom. The maximum absolute atomic E-state index is 12.2. The highest BCUT2D eigenvalue weighted by Crippen LogP contribution is 2.35. The molecule has 136 valence electrons. The molecule has 0 aliphatic carbocycles. The van der Waals surface area contributed by atoms with E-state index in [4.69, 9.17) is 4.74 Å². The van der Waals surface area contributed by atoms with Crippen LogP contribution in [0.5, 0.6) is 5.75 Å². The Morgan fingerprint density at radius 1 is 1.11 bits per heavy atom.